The van der Waals surface area contributed by atoms with Crippen molar-refractivity contribution in [1.82, 2.24) is 4.90 Å². The van der Waals surface area contributed by atoms with Gasteiger partial charge in [-0.15, -0.1) is 0 Å². The van der Waals surface area contributed by atoms with Crippen molar-refractivity contribution in [1.29, 1.82) is 0 Å². The SMILES string of the molecule is CC.CC1CC(CO)CN(C)C1. The Labute approximate surface area is 76.6 Å². The highest BCUT2D eigenvalue weighted by Gasteiger charge is 2.20. The number of aliphatic hydroxyl groups excluding tert-OH is 1. The molecule has 2 atom stereocenters. The number of piperidine rings is 1. The number of hydrogen-bond donors (Lipinski definition) is 1. The second-order valence-electron chi connectivity index (χ2n) is 3.61. The Morgan fingerprint density at radius 1 is 1.33 bits per heavy atom. The molecule has 0 spiro atoms. The van der Waals surface area contributed by atoms with E-state index in [0.717, 1.165) is 12.5 Å². The van der Waals surface area contributed by atoms with Crippen molar-refractivity contribution >= 4 is 0 Å². The smallest absolute Gasteiger partial charge is 0.0471 e. The van der Waals surface area contributed by atoms with E-state index in [2.05, 4.69) is 18.9 Å². The second kappa shape index (κ2) is 6.44. The summed E-state index contributed by atoms with van der Waals surface area (Å²) >= 11 is 0. The standard InChI is InChI=1S/C8H17NO.C2H6/c1-7-3-8(6-10)5-9(2)4-7;1-2/h7-8,10H,3-6H2,1-2H3;1-2H3. The highest BCUT2D eigenvalue weighted by Crippen LogP contribution is 2.19. The number of nitrogens with zero attached hydrogens (tertiary/aromatic N) is 1. The van der Waals surface area contributed by atoms with Crippen molar-refractivity contribution in [2.24, 2.45) is 11.8 Å². The molecule has 0 amide bonds. The van der Waals surface area contributed by atoms with Gasteiger partial charge >= 0.3 is 0 Å². The van der Waals surface area contributed by atoms with Crippen LogP contribution in [0.3, 0.4) is 0 Å². The second-order valence-corrected chi connectivity index (χ2v) is 3.61. The molecule has 12 heavy (non-hydrogen) atoms. The van der Waals surface area contributed by atoms with Gasteiger partial charge in [-0.3, -0.25) is 0 Å². The Morgan fingerprint density at radius 3 is 2.33 bits per heavy atom. The van der Waals surface area contributed by atoms with Gasteiger partial charge in [-0.1, -0.05) is 20.8 Å². The minimum Gasteiger partial charge on any atom is -0.396 e. The predicted molar refractivity (Wildman–Crippen MR) is 53.2 cm³/mol. The zero-order valence-electron chi connectivity index (χ0n) is 8.88. The van der Waals surface area contributed by atoms with Gasteiger partial charge in [-0.05, 0) is 25.3 Å². The van der Waals surface area contributed by atoms with E-state index in [1.165, 1.54) is 13.0 Å². The quantitative estimate of drug-likeness (QED) is 0.651. The summed E-state index contributed by atoms with van der Waals surface area (Å²) < 4.78 is 0. The van der Waals surface area contributed by atoms with Crippen LogP contribution in [-0.4, -0.2) is 36.8 Å². The summed E-state index contributed by atoms with van der Waals surface area (Å²) in [5, 5.41) is 8.90. The summed E-state index contributed by atoms with van der Waals surface area (Å²) in [6.45, 7) is 8.87. The fourth-order valence-electron chi connectivity index (χ4n) is 1.90. The normalized spacial score (nSPS) is 30.8. The number of aliphatic hydroxyl groups is 1. The van der Waals surface area contributed by atoms with Gasteiger partial charge in [0.1, 0.15) is 0 Å². The summed E-state index contributed by atoms with van der Waals surface area (Å²) in [6.07, 6.45) is 1.20. The topological polar surface area (TPSA) is 23.5 Å². The first-order chi connectivity index (χ1) is 5.72. The lowest BCUT2D eigenvalue weighted by Crippen LogP contribution is -2.38. The van der Waals surface area contributed by atoms with Gasteiger partial charge in [0.05, 0.1) is 0 Å². The van der Waals surface area contributed by atoms with Crippen LogP contribution in [-0.2, 0) is 0 Å². The first kappa shape index (κ1) is 11.9. The largest absolute Gasteiger partial charge is 0.396 e. The molecule has 2 unspecified atom stereocenters. The van der Waals surface area contributed by atoms with Crippen LogP contribution in [0.5, 0.6) is 0 Å². The molecule has 1 aliphatic rings. The molecule has 0 aliphatic carbocycles. The Hall–Kier alpha value is -0.0800. The first-order valence-corrected chi connectivity index (χ1v) is 5.01. The molecule has 2 nitrogen and oxygen atoms in total. The molecule has 0 bridgehead atoms. The maximum Gasteiger partial charge on any atom is 0.0471 e. The van der Waals surface area contributed by atoms with Crippen molar-refractivity contribution in [2.75, 3.05) is 26.7 Å². The van der Waals surface area contributed by atoms with Crippen molar-refractivity contribution in [3.8, 4) is 0 Å². The van der Waals surface area contributed by atoms with E-state index >= 15 is 0 Å². The van der Waals surface area contributed by atoms with Crippen LogP contribution in [0, 0.1) is 11.8 Å². The molecule has 74 valence electrons. The Balaban J connectivity index is 0.000000561. The third kappa shape index (κ3) is 4.07. The van der Waals surface area contributed by atoms with E-state index < -0.39 is 0 Å². The van der Waals surface area contributed by atoms with Crippen LogP contribution >= 0.6 is 0 Å². The maximum absolute atomic E-state index is 8.90. The van der Waals surface area contributed by atoms with Gasteiger partial charge in [0.15, 0.2) is 0 Å². The zero-order chi connectivity index (χ0) is 9.56. The molecule has 0 aromatic heterocycles. The predicted octanol–water partition coefficient (Wildman–Crippen LogP) is 1.59. The molecule has 1 fully saturated rings. The minimum atomic E-state index is 0.356. The van der Waals surface area contributed by atoms with Crippen LogP contribution in [0.1, 0.15) is 27.2 Å². The highest BCUT2D eigenvalue weighted by molar-refractivity contribution is 4.73. The maximum atomic E-state index is 8.90. The Bertz CT molecular complexity index is 96.0. The number of hydrogen-bond acceptors (Lipinski definition) is 2. The average Bonchev–Trinajstić information content (AvgIpc) is 2.06. The number of likely N-dealkylation sites (tertiary alicyclic amines) is 1. The fourth-order valence-corrected chi connectivity index (χ4v) is 1.90. The average molecular weight is 173 g/mol. The minimum absolute atomic E-state index is 0.356. The van der Waals surface area contributed by atoms with Gasteiger partial charge in [-0.25, -0.2) is 0 Å². The van der Waals surface area contributed by atoms with Crippen LogP contribution < -0.4 is 0 Å². The summed E-state index contributed by atoms with van der Waals surface area (Å²) in [5.74, 6) is 1.28. The lowest BCUT2D eigenvalue weighted by Gasteiger charge is -2.32. The molecule has 1 saturated heterocycles. The Morgan fingerprint density at radius 2 is 1.92 bits per heavy atom. The molecule has 0 aromatic carbocycles. The van der Waals surface area contributed by atoms with Gasteiger partial charge in [-0.2, -0.15) is 0 Å². The molecule has 2 heteroatoms. The molecule has 0 saturated carbocycles. The van der Waals surface area contributed by atoms with E-state index in [-0.39, 0.29) is 0 Å². The summed E-state index contributed by atoms with van der Waals surface area (Å²) in [7, 11) is 2.12. The van der Waals surface area contributed by atoms with Crippen molar-refractivity contribution < 1.29 is 5.11 Å². The van der Waals surface area contributed by atoms with Crippen molar-refractivity contribution in [3.05, 3.63) is 0 Å². The molecule has 1 aliphatic heterocycles. The van der Waals surface area contributed by atoms with Crippen LogP contribution in [0.4, 0.5) is 0 Å². The van der Waals surface area contributed by atoms with Gasteiger partial charge in [0.2, 0.25) is 0 Å². The molecule has 0 aromatic rings. The van der Waals surface area contributed by atoms with Crippen molar-refractivity contribution in [3.63, 3.8) is 0 Å². The van der Waals surface area contributed by atoms with Crippen LogP contribution in [0.15, 0.2) is 0 Å². The van der Waals surface area contributed by atoms with Gasteiger partial charge in [0.25, 0.3) is 0 Å². The first-order valence-electron chi connectivity index (χ1n) is 5.01. The molecular weight excluding hydrogens is 150 g/mol. The highest BCUT2D eigenvalue weighted by atomic mass is 16.3. The van der Waals surface area contributed by atoms with E-state index in [0.29, 0.717) is 12.5 Å². The van der Waals surface area contributed by atoms with E-state index in [1.54, 1.807) is 0 Å². The summed E-state index contributed by atoms with van der Waals surface area (Å²) in [5.41, 5.74) is 0. The third-order valence-electron chi connectivity index (χ3n) is 2.19. The monoisotopic (exact) mass is 173 g/mol. The number of rotatable bonds is 1. The fraction of sp³-hybridized carbons (Fsp3) is 1.00. The van der Waals surface area contributed by atoms with E-state index in [9.17, 15) is 0 Å². The molecular formula is C10H23NO. The van der Waals surface area contributed by atoms with Crippen LogP contribution in [0.2, 0.25) is 0 Å². The lowest BCUT2D eigenvalue weighted by atomic mass is 9.91. The molecule has 0 radical (unpaired) electrons. The van der Waals surface area contributed by atoms with E-state index in [4.69, 9.17) is 5.11 Å². The third-order valence-corrected chi connectivity index (χ3v) is 2.19. The van der Waals surface area contributed by atoms with Crippen LogP contribution in [0.25, 0.3) is 0 Å². The van der Waals surface area contributed by atoms with E-state index in [1.807, 2.05) is 13.8 Å². The lowest BCUT2D eigenvalue weighted by molar-refractivity contribution is 0.108. The van der Waals surface area contributed by atoms with Gasteiger partial charge < -0.3 is 10.0 Å². The van der Waals surface area contributed by atoms with Gasteiger partial charge in [0, 0.05) is 19.7 Å². The zero-order valence-corrected chi connectivity index (χ0v) is 8.88. The summed E-state index contributed by atoms with van der Waals surface area (Å²) in [6, 6.07) is 0. The Kier molecular flexibility index (Phi) is 6.39. The molecule has 1 heterocycles. The molecule has 1 N–H and O–H groups in total. The summed E-state index contributed by atoms with van der Waals surface area (Å²) in [4.78, 5) is 2.30. The molecule has 1 rings (SSSR count). The van der Waals surface area contributed by atoms with Crippen molar-refractivity contribution in [2.45, 2.75) is 27.2 Å².